The number of carbonyl (C=O) groups is 1. The zero-order valence-corrected chi connectivity index (χ0v) is 22.2. The second kappa shape index (κ2) is 7.69. The Morgan fingerprint density at radius 2 is 1.73 bits per heavy atom. The van der Waals surface area contributed by atoms with E-state index in [0.717, 1.165) is 59.6 Å². The van der Waals surface area contributed by atoms with Crippen LogP contribution in [-0.2, 0) is 4.79 Å². The smallest absolute Gasteiger partial charge is 0.156 e. The number of carbonyl (C=O) groups excluding carboxylic acids is 1. The Balaban J connectivity index is 1.40. The Hall–Kier alpha value is -1.12. The minimum Gasteiger partial charge on any atom is -0.411 e. The number of oxime groups is 1. The highest BCUT2D eigenvalue weighted by atomic mass is 16.4. The number of hydrogen-bond acceptors (Lipinski definition) is 3. The summed E-state index contributed by atoms with van der Waals surface area (Å²) in [4.78, 5) is 12.2. The summed E-state index contributed by atoms with van der Waals surface area (Å²) >= 11 is 0. The maximum atomic E-state index is 12.2. The summed E-state index contributed by atoms with van der Waals surface area (Å²) in [6.07, 6.45) is 11.0. The summed E-state index contributed by atoms with van der Waals surface area (Å²) in [5.41, 5.74) is 2.82. The van der Waals surface area contributed by atoms with E-state index in [1.165, 1.54) is 32.1 Å². The minimum absolute atomic E-state index is 0.00514. The van der Waals surface area contributed by atoms with E-state index in [1.54, 1.807) is 0 Å². The second-order valence-electron chi connectivity index (χ2n) is 14.0. The number of rotatable bonds is 4. The van der Waals surface area contributed by atoms with Gasteiger partial charge in [0.15, 0.2) is 5.78 Å². The molecule has 0 aliphatic heterocycles. The van der Waals surface area contributed by atoms with Gasteiger partial charge >= 0.3 is 0 Å². The van der Waals surface area contributed by atoms with Crippen LogP contribution in [0.15, 0.2) is 16.8 Å². The van der Waals surface area contributed by atoms with Crippen molar-refractivity contribution in [2.45, 2.75) is 99.8 Å². The zero-order valence-electron chi connectivity index (χ0n) is 22.2. The predicted molar refractivity (Wildman–Crippen MR) is 134 cm³/mol. The average Bonchev–Trinajstić information content (AvgIpc) is 3.34. The van der Waals surface area contributed by atoms with Gasteiger partial charge in [0.05, 0.1) is 5.71 Å². The van der Waals surface area contributed by atoms with Crippen molar-refractivity contribution in [2.75, 3.05) is 0 Å². The van der Waals surface area contributed by atoms with Crippen LogP contribution in [0.1, 0.15) is 99.8 Å². The first kappa shape index (κ1) is 23.6. The van der Waals surface area contributed by atoms with Gasteiger partial charge in [0.2, 0.25) is 0 Å². The zero-order chi connectivity index (χ0) is 23.9. The van der Waals surface area contributed by atoms with Crippen LogP contribution in [0.4, 0.5) is 0 Å². The molecule has 3 nitrogen and oxygen atoms in total. The summed E-state index contributed by atoms with van der Waals surface area (Å²) in [5, 5.41) is 13.7. The van der Waals surface area contributed by atoms with Gasteiger partial charge in [-0.1, -0.05) is 53.6 Å². The van der Waals surface area contributed by atoms with E-state index in [-0.39, 0.29) is 11.2 Å². The molecule has 0 aromatic carbocycles. The molecule has 3 heteroatoms. The van der Waals surface area contributed by atoms with Crippen LogP contribution in [0.25, 0.3) is 0 Å². The summed E-state index contributed by atoms with van der Waals surface area (Å²) in [6.45, 7) is 17.4. The molecule has 5 rings (SSSR count). The van der Waals surface area contributed by atoms with Crippen molar-refractivity contribution >= 4 is 11.5 Å². The summed E-state index contributed by atoms with van der Waals surface area (Å²) in [5.74, 6) is 6.22. The molecule has 10 atom stereocenters. The van der Waals surface area contributed by atoms with E-state index < -0.39 is 0 Å². The fourth-order valence-electron chi connectivity index (χ4n) is 10.2. The quantitative estimate of drug-likeness (QED) is 0.353. The maximum absolute atomic E-state index is 12.2. The molecule has 0 bridgehead atoms. The van der Waals surface area contributed by atoms with Crippen LogP contribution in [0.2, 0.25) is 0 Å². The van der Waals surface area contributed by atoms with Crippen molar-refractivity contribution in [3.63, 3.8) is 0 Å². The third-order valence-corrected chi connectivity index (χ3v) is 12.7. The molecular weight excluding hydrogens is 406 g/mol. The molecule has 184 valence electrons. The fourth-order valence-corrected chi connectivity index (χ4v) is 10.2. The standard InChI is InChI=1S/C30H47NO2/c1-17(2)19(4)30(7)16-26(30)18(3)22-8-9-23-21-15-27(31-33)25-14-20(32)10-12-29(25,6)24(21)11-13-28(22,23)5/h14,17-19,21-24,26,33H,8-13,15-16H2,1-7H3/b31-27+/t18-,19-,21?,22?,23?,24?,26+,28+,29+,30+/m0/s1. The van der Waals surface area contributed by atoms with E-state index >= 15 is 0 Å². The van der Waals surface area contributed by atoms with Gasteiger partial charge < -0.3 is 5.21 Å². The minimum atomic E-state index is 0.00514. The Bertz CT molecular complexity index is 888. The van der Waals surface area contributed by atoms with E-state index in [2.05, 4.69) is 53.6 Å². The van der Waals surface area contributed by atoms with Gasteiger partial charge in [0.25, 0.3) is 0 Å². The maximum Gasteiger partial charge on any atom is 0.156 e. The van der Waals surface area contributed by atoms with Gasteiger partial charge in [-0.15, -0.1) is 0 Å². The summed E-state index contributed by atoms with van der Waals surface area (Å²) < 4.78 is 0. The number of allylic oxidation sites excluding steroid dienone is 1. The first-order valence-electron chi connectivity index (χ1n) is 13.9. The van der Waals surface area contributed by atoms with Crippen molar-refractivity contribution in [3.05, 3.63) is 11.6 Å². The fraction of sp³-hybridized carbons (Fsp3) is 0.867. The molecule has 1 N–H and O–H groups in total. The van der Waals surface area contributed by atoms with Gasteiger partial charge in [-0.25, -0.2) is 0 Å². The van der Waals surface area contributed by atoms with Crippen LogP contribution in [0.3, 0.4) is 0 Å². The topological polar surface area (TPSA) is 49.7 Å². The molecule has 0 aromatic heterocycles. The predicted octanol–water partition coefficient (Wildman–Crippen LogP) is 7.53. The normalized spacial score (nSPS) is 49.8. The number of nitrogens with zero attached hydrogens (tertiary/aromatic N) is 1. The SMILES string of the molecule is CC(C)[C@H](C)[C@@]1(C)C[C@@H]1[C@@H](C)C1CCC2C3C/C(=N\O)C4=CC(=O)CC[C@]4(C)C3CC[C@@]21C. The number of hydrogen-bond donors (Lipinski definition) is 1. The van der Waals surface area contributed by atoms with E-state index in [4.69, 9.17) is 0 Å². The highest BCUT2D eigenvalue weighted by Gasteiger charge is 2.64. The molecule has 0 aromatic rings. The number of ketones is 1. The molecule has 5 aliphatic rings. The highest BCUT2D eigenvalue weighted by Crippen LogP contribution is 2.71. The van der Waals surface area contributed by atoms with Gasteiger partial charge in [0, 0.05) is 6.42 Å². The lowest BCUT2D eigenvalue weighted by molar-refractivity contribution is -0.117. The van der Waals surface area contributed by atoms with Crippen LogP contribution in [-0.4, -0.2) is 16.7 Å². The first-order valence-corrected chi connectivity index (χ1v) is 13.9. The van der Waals surface area contributed by atoms with Crippen molar-refractivity contribution < 1.29 is 10.0 Å². The molecule has 4 fully saturated rings. The Kier molecular flexibility index (Phi) is 5.50. The van der Waals surface area contributed by atoms with Crippen LogP contribution in [0, 0.1) is 63.6 Å². The van der Waals surface area contributed by atoms with Crippen LogP contribution < -0.4 is 0 Å². The van der Waals surface area contributed by atoms with Gasteiger partial charge in [-0.3, -0.25) is 4.79 Å². The lowest BCUT2D eigenvalue weighted by Crippen LogP contribution is -2.53. The van der Waals surface area contributed by atoms with Crippen LogP contribution in [0.5, 0.6) is 0 Å². The molecule has 4 unspecified atom stereocenters. The van der Waals surface area contributed by atoms with Gasteiger partial charge in [-0.05, 0) is 120 Å². The molecular formula is C30H47NO2. The Labute approximate surface area is 201 Å². The monoisotopic (exact) mass is 453 g/mol. The van der Waals surface area contributed by atoms with Crippen molar-refractivity contribution in [2.24, 2.45) is 68.7 Å². The second-order valence-corrected chi connectivity index (χ2v) is 14.0. The third kappa shape index (κ3) is 3.26. The molecule has 0 spiro atoms. The average molecular weight is 454 g/mol. The summed E-state index contributed by atoms with van der Waals surface area (Å²) in [6, 6.07) is 0. The van der Waals surface area contributed by atoms with Crippen LogP contribution >= 0.6 is 0 Å². The molecule has 0 radical (unpaired) electrons. The van der Waals surface area contributed by atoms with Gasteiger partial charge in [-0.2, -0.15) is 0 Å². The largest absolute Gasteiger partial charge is 0.411 e. The van der Waals surface area contributed by atoms with Crippen molar-refractivity contribution in [3.8, 4) is 0 Å². The molecule has 33 heavy (non-hydrogen) atoms. The number of fused-ring (bicyclic) bond motifs is 5. The molecule has 4 saturated carbocycles. The lowest BCUT2D eigenvalue weighted by atomic mass is 9.46. The van der Waals surface area contributed by atoms with Crippen molar-refractivity contribution in [1.29, 1.82) is 0 Å². The van der Waals surface area contributed by atoms with E-state index in [1.807, 2.05) is 6.08 Å². The highest BCUT2D eigenvalue weighted by molar-refractivity contribution is 6.08. The van der Waals surface area contributed by atoms with E-state index in [9.17, 15) is 10.0 Å². The molecule has 0 amide bonds. The molecule has 0 saturated heterocycles. The first-order chi connectivity index (χ1) is 15.5. The van der Waals surface area contributed by atoms with Gasteiger partial charge in [0.1, 0.15) is 0 Å². The third-order valence-electron chi connectivity index (χ3n) is 12.7. The molecule has 5 aliphatic carbocycles. The Morgan fingerprint density at radius 3 is 2.39 bits per heavy atom. The lowest BCUT2D eigenvalue weighted by Gasteiger charge is -2.58. The molecule has 0 heterocycles. The summed E-state index contributed by atoms with van der Waals surface area (Å²) in [7, 11) is 0. The van der Waals surface area contributed by atoms with E-state index in [0.29, 0.717) is 29.1 Å². The van der Waals surface area contributed by atoms with Crippen molar-refractivity contribution in [1.82, 2.24) is 0 Å². The Morgan fingerprint density at radius 1 is 1.00 bits per heavy atom.